The number of nitrogens with zero attached hydrogens (tertiary/aromatic N) is 1. The first-order chi connectivity index (χ1) is 9.29. The highest BCUT2D eigenvalue weighted by atomic mass is 14.9. The van der Waals surface area contributed by atoms with Gasteiger partial charge in [-0.3, -0.25) is 4.98 Å². The topological polar surface area (TPSA) is 24.9 Å². The van der Waals surface area contributed by atoms with Crippen molar-refractivity contribution in [2.75, 3.05) is 7.05 Å². The molecule has 0 saturated heterocycles. The molecule has 0 aliphatic heterocycles. The van der Waals surface area contributed by atoms with Gasteiger partial charge in [0.05, 0.1) is 0 Å². The maximum atomic E-state index is 4.39. The molecule has 1 N–H and O–H groups in total. The zero-order valence-corrected chi connectivity index (χ0v) is 12.9. The number of aromatic nitrogens is 1. The van der Waals surface area contributed by atoms with Crippen LogP contribution in [0.25, 0.3) is 0 Å². The second-order valence-corrected chi connectivity index (χ2v) is 5.43. The maximum absolute atomic E-state index is 4.39. The lowest BCUT2D eigenvalue weighted by Crippen LogP contribution is -2.17. The standard InChI is InChI=1S/C17H30N2/c1-4-5-6-7-8-9-10-13-17(18-3)16-12-11-14-19-15(16)2/h11-12,14,17-18H,4-10,13H2,1-3H3. The molecule has 2 heteroatoms. The van der Waals surface area contributed by atoms with E-state index in [1.807, 2.05) is 12.3 Å². The molecule has 1 rings (SSSR count). The summed E-state index contributed by atoms with van der Waals surface area (Å²) in [6.07, 6.45) is 12.7. The van der Waals surface area contributed by atoms with Crippen molar-refractivity contribution < 1.29 is 0 Å². The van der Waals surface area contributed by atoms with Crippen LogP contribution in [-0.4, -0.2) is 12.0 Å². The largest absolute Gasteiger partial charge is 0.313 e. The van der Waals surface area contributed by atoms with E-state index in [4.69, 9.17) is 0 Å². The first kappa shape index (κ1) is 16.2. The Labute approximate surface area is 119 Å². The Morgan fingerprint density at radius 2 is 1.79 bits per heavy atom. The quantitative estimate of drug-likeness (QED) is 0.613. The molecule has 0 aliphatic rings. The lowest BCUT2D eigenvalue weighted by atomic mass is 9.99. The van der Waals surface area contributed by atoms with E-state index in [0.717, 1.165) is 5.69 Å². The van der Waals surface area contributed by atoms with Crippen LogP contribution < -0.4 is 5.32 Å². The maximum Gasteiger partial charge on any atom is 0.0420 e. The van der Waals surface area contributed by atoms with Crippen LogP contribution in [0.15, 0.2) is 18.3 Å². The third-order valence-corrected chi connectivity index (χ3v) is 3.87. The van der Waals surface area contributed by atoms with Crippen molar-refractivity contribution in [2.45, 2.75) is 71.3 Å². The minimum absolute atomic E-state index is 0.462. The zero-order chi connectivity index (χ0) is 13.9. The molecule has 1 heterocycles. The van der Waals surface area contributed by atoms with Crippen molar-refractivity contribution in [3.05, 3.63) is 29.6 Å². The summed E-state index contributed by atoms with van der Waals surface area (Å²) < 4.78 is 0. The van der Waals surface area contributed by atoms with E-state index in [0.29, 0.717) is 6.04 Å². The van der Waals surface area contributed by atoms with Gasteiger partial charge in [-0.15, -0.1) is 0 Å². The fourth-order valence-corrected chi connectivity index (χ4v) is 2.63. The molecule has 0 aromatic carbocycles. The molecular formula is C17H30N2. The number of pyridine rings is 1. The molecule has 1 atom stereocenters. The summed E-state index contributed by atoms with van der Waals surface area (Å²) >= 11 is 0. The van der Waals surface area contributed by atoms with Gasteiger partial charge in [0.25, 0.3) is 0 Å². The van der Waals surface area contributed by atoms with Gasteiger partial charge in [-0.2, -0.15) is 0 Å². The van der Waals surface area contributed by atoms with Crippen LogP contribution in [-0.2, 0) is 0 Å². The van der Waals surface area contributed by atoms with Crippen LogP contribution in [0.1, 0.15) is 75.6 Å². The normalized spacial score (nSPS) is 12.6. The lowest BCUT2D eigenvalue weighted by molar-refractivity contribution is 0.493. The van der Waals surface area contributed by atoms with Crippen molar-refractivity contribution in [1.82, 2.24) is 10.3 Å². The summed E-state index contributed by atoms with van der Waals surface area (Å²) in [6.45, 7) is 4.37. The SMILES string of the molecule is CCCCCCCCCC(NC)c1cccnc1C. The van der Waals surface area contributed by atoms with E-state index < -0.39 is 0 Å². The van der Waals surface area contributed by atoms with E-state index in [1.165, 1.54) is 56.9 Å². The number of nitrogens with one attached hydrogen (secondary N) is 1. The van der Waals surface area contributed by atoms with Crippen molar-refractivity contribution in [2.24, 2.45) is 0 Å². The first-order valence-electron chi connectivity index (χ1n) is 7.88. The minimum atomic E-state index is 0.462. The molecule has 0 fully saturated rings. The van der Waals surface area contributed by atoms with Crippen LogP contribution >= 0.6 is 0 Å². The molecular weight excluding hydrogens is 232 g/mol. The van der Waals surface area contributed by atoms with Gasteiger partial charge in [-0.1, -0.05) is 57.9 Å². The molecule has 0 bridgehead atoms. The Balaban J connectivity index is 2.24. The van der Waals surface area contributed by atoms with Crippen molar-refractivity contribution in [3.8, 4) is 0 Å². The molecule has 0 radical (unpaired) electrons. The van der Waals surface area contributed by atoms with E-state index in [9.17, 15) is 0 Å². The molecule has 2 nitrogen and oxygen atoms in total. The van der Waals surface area contributed by atoms with Crippen LogP contribution in [0.2, 0.25) is 0 Å². The monoisotopic (exact) mass is 262 g/mol. The Bertz CT molecular complexity index is 336. The summed E-state index contributed by atoms with van der Waals surface area (Å²) in [5.74, 6) is 0. The Kier molecular flexibility index (Phi) is 8.48. The molecule has 0 saturated carbocycles. The highest BCUT2D eigenvalue weighted by Gasteiger charge is 2.11. The van der Waals surface area contributed by atoms with Gasteiger partial charge in [0.2, 0.25) is 0 Å². The zero-order valence-electron chi connectivity index (χ0n) is 12.9. The van der Waals surface area contributed by atoms with Crippen LogP contribution in [0.5, 0.6) is 0 Å². The van der Waals surface area contributed by atoms with E-state index in [-0.39, 0.29) is 0 Å². The molecule has 19 heavy (non-hydrogen) atoms. The Hall–Kier alpha value is -0.890. The Morgan fingerprint density at radius 3 is 2.42 bits per heavy atom. The minimum Gasteiger partial charge on any atom is -0.313 e. The highest BCUT2D eigenvalue weighted by molar-refractivity contribution is 5.22. The first-order valence-corrected chi connectivity index (χ1v) is 7.88. The van der Waals surface area contributed by atoms with Crippen LogP contribution in [0, 0.1) is 6.92 Å². The number of rotatable bonds is 10. The fourth-order valence-electron chi connectivity index (χ4n) is 2.63. The van der Waals surface area contributed by atoms with Crippen LogP contribution in [0.4, 0.5) is 0 Å². The highest BCUT2D eigenvalue weighted by Crippen LogP contribution is 2.21. The van der Waals surface area contributed by atoms with E-state index in [2.05, 4.69) is 37.3 Å². The molecule has 0 spiro atoms. The second-order valence-electron chi connectivity index (χ2n) is 5.43. The van der Waals surface area contributed by atoms with Crippen molar-refractivity contribution >= 4 is 0 Å². The average molecular weight is 262 g/mol. The third kappa shape index (κ3) is 6.20. The lowest BCUT2D eigenvalue weighted by Gasteiger charge is -2.18. The Morgan fingerprint density at radius 1 is 1.11 bits per heavy atom. The smallest absolute Gasteiger partial charge is 0.0420 e. The van der Waals surface area contributed by atoms with Gasteiger partial charge >= 0.3 is 0 Å². The number of hydrogen-bond donors (Lipinski definition) is 1. The van der Waals surface area contributed by atoms with Gasteiger partial charge in [0.15, 0.2) is 0 Å². The molecule has 0 amide bonds. The van der Waals surface area contributed by atoms with E-state index in [1.54, 1.807) is 0 Å². The fraction of sp³-hybridized carbons (Fsp3) is 0.706. The summed E-state index contributed by atoms with van der Waals surface area (Å²) in [5.41, 5.74) is 2.51. The molecule has 108 valence electrons. The average Bonchev–Trinajstić information content (AvgIpc) is 2.43. The van der Waals surface area contributed by atoms with Crippen molar-refractivity contribution in [3.63, 3.8) is 0 Å². The third-order valence-electron chi connectivity index (χ3n) is 3.87. The van der Waals surface area contributed by atoms with Gasteiger partial charge in [0, 0.05) is 17.9 Å². The molecule has 0 aliphatic carbocycles. The summed E-state index contributed by atoms with van der Waals surface area (Å²) in [7, 11) is 2.05. The van der Waals surface area contributed by atoms with Crippen molar-refractivity contribution in [1.29, 1.82) is 0 Å². The van der Waals surface area contributed by atoms with Crippen LogP contribution in [0.3, 0.4) is 0 Å². The molecule has 1 aromatic heterocycles. The summed E-state index contributed by atoms with van der Waals surface area (Å²) in [5, 5.41) is 3.43. The van der Waals surface area contributed by atoms with Gasteiger partial charge in [0.1, 0.15) is 0 Å². The number of unbranched alkanes of at least 4 members (excludes halogenated alkanes) is 6. The predicted molar refractivity (Wildman–Crippen MR) is 83.4 cm³/mol. The molecule has 1 aromatic rings. The predicted octanol–water partition coefficient (Wildman–Crippen LogP) is 4.79. The van der Waals surface area contributed by atoms with Gasteiger partial charge in [-0.05, 0) is 32.0 Å². The number of aryl methyl sites for hydroxylation is 1. The second kappa shape index (κ2) is 9.96. The van der Waals surface area contributed by atoms with E-state index >= 15 is 0 Å². The summed E-state index contributed by atoms with van der Waals surface area (Å²) in [4.78, 5) is 4.39. The summed E-state index contributed by atoms with van der Waals surface area (Å²) in [6, 6.07) is 4.70. The molecule has 1 unspecified atom stereocenters. The van der Waals surface area contributed by atoms with Gasteiger partial charge in [-0.25, -0.2) is 0 Å². The number of hydrogen-bond acceptors (Lipinski definition) is 2. The van der Waals surface area contributed by atoms with Gasteiger partial charge < -0.3 is 5.32 Å².